The second kappa shape index (κ2) is 8.44. The summed E-state index contributed by atoms with van der Waals surface area (Å²) in [5, 5.41) is 0. The molecule has 0 saturated carbocycles. The molecule has 0 spiro atoms. The Hall–Kier alpha value is -2.56. The molecule has 1 aliphatic heterocycles. The van der Waals surface area contributed by atoms with Crippen molar-refractivity contribution in [2.75, 3.05) is 18.8 Å². The zero-order chi connectivity index (χ0) is 21.1. The second-order valence-electron chi connectivity index (χ2n) is 6.50. The minimum Gasteiger partial charge on any atom is -0.399 e. The number of nitrogens with two attached hydrogens (primary N) is 1. The van der Waals surface area contributed by atoms with E-state index in [2.05, 4.69) is 5.48 Å². The van der Waals surface area contributed by atoms with Crippen molar-refractivity contribution in [3.63, 3.8) is 0 Å². The molecule has 0 atom stereocenters. The van der Waals surface area contributed by atoms with Gasteiger partial charge in [0, 0.05) is 30.9 Å². The topological polar surface area (TPSA) is 84.7 Å². The molecule has 1 heterocycles. The number of anilines is 1. The van der Waals surface area contributed by atoms with Crippen molar-refractivity contribution < 1.29 is 26.4 Å². The van der Waals surface area contributed by atoms with Crippen LogP contribution in [0.1, 0.15) is 17.5 Å². The number of nitrogens with zero attached hydrogens (tertiary/aromatic N) is 1. The maximum atomic E-state index is 12.7. The summed E-state index contributed by atoms with van der Waals surface area (Å²) in [5.41, 5.74) is 9.06. The maximum absolute atomic E-state index is 12.7. The minimum absolute atomic E-state index is 0.0608. The first-order chi connectivity index (χ1) is 13.7. The number of benzene rings is 2. The van der Waals surface area contributed by atoms with E-state index in [9.17, 15) is 21.6 Å². The summed E-state index contributed by atoms with van der Waals surface area (Å²) in [6.45, 7) is 0.342. The SMILES string of the molecule is Nc1ccc(S(=O)(=O)N2CC=C(NOCc3cccc(C(F)(F)F)c3)CC2)cc1. The first kappa shape index (κ1) is 21.2. The molecule has 0 amide bonds. The van der Waals surface area contributed by atoms with Gasteiger partial charge in [0.1, 0.15) is 0 Å². The lowest BCUT2D eigenvalue weighted by molar-refractivity contribution is -0.137. The number of alkyl halides is 3. The highest BCUT2D eigenvalue weighted by atomic mass is 32.2. The monoisotopic (exact) mass is 427 g/mol. The van der Waals surface area contributed by atoms with Crippen LogP contribution >= 0.6 is 0 Å². The third-order valence-corrected chi connectivity index (χ3v) is 6.27. The number of sulfonamides is 1. The Balaban J connectivity index is 1.55. The summed E-state index contributed by atoms with van der Waals surface area (Å²) in [6, 6.07) is 10.9. The van der Waals surface area contributed by atoms with Gasteiger partial charge in [-0.3, -0.25) is 10.3 Å². The highest BCUT2D eigenvalue weighted by Gasteiger charge is 2.30. The molecule has 29 heavy (non-hydrogen) atoms. The molecule has 0 aliphatic carbocycles. The number of halogens is 3. The molecule has 3 rings (SSSR count). The van der Waals surface area contributed by atoms with E-state index in [0.717, 1.165) is 12.1 Å². The molecule has 1 aliphatic rings. The van der Waals surface area contributed by atoms with Gasteiger partial charge in [0.2, 0.25) is 10.0 Å². The van der Waals surface area contributed by atoms with E-state index >= 15 is 0 Å². The van der Waals surface area contributed by atoms with E-state index in [1.54, 1.807) is 6.08 Å². The largest absolute Gasteiger partial charge is 0.416 e. The van der Waals surface area contributed by atoms with Gasteiger partial charge in [-0.05, 0) is 48.0 Å². The number of hydroxylamine groups is 1. The molecule has 156 valence electrons. The molecule has 3 N–H and O–H groups in total. The van der Waals surface area contributed by atoms with Crippen LogP contribution in [-0.2, 0) is 27.6 Å². The van der Waals surface area contributed by atoms with Crippen LogP contribution in [0.3, 0.4) is 0 Å². The van der Waals surface area contributed by atoms with Crippen molar-refractivity contribution in [1.82, 2.24) is 9.79 Å². The highest BCUT2D eigenvalue weighted by molar-refractivity contribution is 7.89. The van der Waals surface area contributed by atoms with E-state index < -0.39 is 21.8 Å². The quantitative estimate of drug-likeness (QED) is 0.546. The molecule has 0 saturated heterocycles. The Morgan fingerprint density at radius 1 is 1.14 bits per heavy atom. The van der Waals surface area contributed by atoms with E-state index in [0.29, 0.717) is 23.4 Å². The molecule has 2 aromatic carbocycles. The molecule has 0 aromatic heterocycles. The predicted octanol–water partition coefficient (Wildman–Crippen LogP) is 3.29. The van der Waals surface area contributed by atoms with Crippen LogP contribution in [0.4, 0.5) is 18.9 Å². The van der Waals surface area contributed by atoms with E-state index in [4.69, 9.17) is 10.6 Å². The first-order valence-electron chi connectivity index (χ1n) is 8.75. The maximum Gasteiger partial charge on any atom is 0.416 e. The lowest BCUT2D eigenvalue weighted by Crippen LogP contribution is -2.36. The van der Waals surface area contributed by atoms with Crippen molar-refractivity contribution in [1.29, 1.82) is 0 Å². The third kappa shape index (κ3) is 5.28. The molecule has 2 aromatic rings. The van der Waals surface area contributed by atoms with Crippen molar-refractivity contribution in [3.05, 3.63) is 71.4 Å². The van der Waals surface area contributed by atoms with Crippen LogP contribution in [0.15, 0.2) is 65.2 Å². The Labute approximate surface area is 166 Å². The van der Waals surface area contributed by atoms with Gasteiger partial charge in [-0.15, -0.1) is 0 Å². The Kier molecular flexibility index (Phi) is 6.15. The van der Waals surface area contributed by atoms with Crippen LogP contribution in [-0.4, -0.2) is 25.8 Å². The lowest BCUT2D eigenvalue weighted by Gasteiger charge is -2.26. The average molecular weight is 427 g/mol. The molecule has 10 heteroatoms. The fraction of sp³-hybridized carbons (Fsp3) is 0.263. The third-order valence-electron chi connectivity index (χ3n) is 4.39. The summed E-state index contributed by atoms with van der Waals surface area (Å²) in [6.07, 6.45) is -2.35. The second-order valence-corrected chi connectivity index (χ2v) is 8.44. The smallest absolute Gasteiger partial charge is 0.399 e. The van der Waals surface area contributed by atoms with Gasteiger partial charge in [0.05, 0.1) is 17.1 Å². The Morgan fingerprint density at radius 2 is 1.86 bits per heavy atom. The first-order valence-corrected chi connectivity index (χ1v) is 10.2. The summed E-state index contributed by atoms with van der Waals surface area (Å²) in [4.78, 5) is 5.44. The van der Waals surface area contributed by atoms with Crippen molar-refractivity contribution in [3.8, 4) is 0 Å². The number of nitrogen functional groups attached to an aromatic ring is 1. The van der Waals surface area contributed by atoms with Gasteiger partial charge in [-0.1, -0.05) is 12.1 Å². The van der Waals surface area contributed by atoms with E-state index in [1.807, 2.05) is 0 Å². The van der Waals surface area contributed by atoms with Crippen LogP contribution in [0.5, 0.6) is 0 Å². The zero-order valence-corrected chi connectivity index (χ0v) is 16.1. The average Bonchev–Trinajstić information content (AvgIpc) is 2.68. The van der Waals surface area contributed by atoms with Crippen LogP contribution in [0.2, 0.25) is 0 Å². The lowest BCUT2D eigenvalue weighted by atomic mass is 10.1. The molecule has 0 unspecified atom stereocenters. The van der Waals surface area contributed by atoms with Crippen LogP contribution in [0, 0.1) is 0 Å². The molecule has 6 nitrogen and oxygen atoms in total. The number of hydrogen-bond donors (Lipinski definition) is 2. The minimum atomic E-state index is -4.41. The van der Waals surface area contributed by atoms with Crippen molar-refractivity contribution in [2.45, 2.75) is 24.1 Å². The van der Waals surface area contributed by atoms with Crippen molar-refractivity contribution in [2.24, 2.45) is 0 Å². The standard InChI is InChI=1S/C19H20F3N3O3S/c20-19(21,22)15-3-1-2-14(12-15)13-28-24-17-8-10-25(11-9-17)29(26,27)18-6-4-16(23)5-7-18/h1-8,12,24H,9-11,13,23H2. The normalized spacial score (nSPS) is 15.8. The Bertz CT molecular complexity index is 990. The van der Waals surface area contributed by atoms with Crippen LogP contribution < -0.4 is 11.2 Å². The molecule has 0 fully saturated rings. The van der Waals surface area contributed by atoms with Gasteiger partial charge in [-0.2, -0.15) is 17.5 Å². The highest BCUT2D eigenvalue weighted by Crippen LogP contribution is 2.29. The number of nitrogens with one attached hydrogen (secondary N) is 1. The molecule has 0 bridgehead atoms. The fourth-order valence-electron chi connectivity index (χ4n) is 2.80. The molecule has 0 radical (unpaired) electrons. The summed E-state index contributed by atoms with van der Waals surface area (Å²) in [7, 11) is -3.63. The fourth-order valence-corrected chi connectivity index (χ4v) is 4.18. The van der Waals surface area contributed by atoms with Gasteiger partial charge in [0.25, 0.3) is 0 Å². The summed E-state index contributed by atoms with van der Waals surface area (Å²) < 4.78 is 64.8. The van der Waals surface area contributed by atoms with Gasteiger partial charge in [0.15, 0.2) is 0 Å². The molecular weight excluding hydrogens is 407 g/mol. The number of hydrogen-bond acceptors (Lipinski definition) is 5. The van der Waals surface area contributed by atoms with Gasteiger partial charge in [-0.25, -0.2) is 8.42 Å². The predicted molar refractivity (Wildman–Crippen MR) is 102 cm³/mol. The van der Waals surface area contributed by atoms with Gasteiger partial charge >= 0.3 is 6.18 Å². The van der Waals surface area contributed by atoms with E-state index in [1.165, 1.54) is 40.7 Å². The van der Waals surface area contributed by atoms with E-state index in [-0.39, 0.29) is 24.6 Å². The summed E-state index contributed by atoms with van der Waals surface area (Å²) >= 11 is 0. The zero-order valence-electron chi connectivity index (χ0n) is 15.3. The summed E-state index contributed by atoms with van der Waals surface area (Å²) in [5.74, 6) is 0. The molecular formula is C19H20F3N3O3S. The van der Waals surface area contributed by atoms with Crippen LogP contribution in [0.25, 0.3) is 0 Å². The van der Waals surface area contributed by atoms with Gasteiger partial charge < -0.3 is 5.73 Å². The Morgan fingerprint density at radius 3 is 2.48 bits per heavy atom. The number of rotatable bonds is 6. The van der Waals surface area contributed by atoms with Crippen molar-refractivity contribution >= 4 is 15.7 Å².